The zero-order chi connectivity index (χ0) is 22.0. The first-order valence-electron chi connectivity index (χ1n) is 9.45. The summed E-state index contributed by atoms with van der Waals surface area (Å²) in [7, 11) is 6.13. The van der Waals surface area contributed by atoms with Gasteiger partial charge in [-0.1, -0.05) is 0 Å². The Labute approximate surface area is 172 Å². The van der Waals surface area contributed by atoms with Crippen LogP contribution in [0.3, 0.4) is 0 Å². The molecule has 0 aliphatic carbocycles. The number of hydrogen-bond donors (Lipinski definition) is 1. The number of ether oxygens (including phenoxy) is 4. The zero-order valence-corrected chi connectivity index (χ0v) is 17.8. The van der Waals surface area contributed by atoms with E-state index in [1.54, 1.807) is 27.7 Å². The van der Waals surface area contributed by atoms with Crippen molar-refractivity contribution >= 4 is 23.5 Å². The maximum absolute atomic E-state index is 15.1. The van der Waals surface area contributed by atoms with Gasteiger partial charge in [-0.2, -0.15) is 0 Å². The minimum atomic E-state index is -5.08. The van der Waals surface area contributed by atoms with Crippen LogP contribution in [0.15, 0.2) is 0 Å². The standard InChI is InChI=1S/C16H28B2FO9P/c1-8(2)23-6-10-14(13(20)15(18)26-10)28-29(21,22)24-7-16(19)11(25-9(3)4)5-12(17)27-16/h8-15,20H,5-7H2,1-4H3,(H,21,22)/p-1/t10-,11?,12-,13+,14?,15-,16-/m1/s1. The molecule has 4 radical (unpaired) electrons. The Morgan fingerprint density at radius 2 is 1.97 bits per heavy atom. The van der Waals surface area contributed by atoms with E-state index in [0.717, 1.165) is 0 Å². The largest absolute Gasteiger partial charge is 0.756 e. The molecule has 0 bridgehead atoms. The molecule has 2 saturated heterocycles. The van der Waals surface area contributed by atoms with Gasteiger partial charge >= 0.3 is 0 Å². The molecule has 8 atom stereocenters. The number of aliphatic hydroxyl groups excluding tert-OH is 1. The van der Waals surface area contributed by atoms with Gasteiger partial charge in [0.15, 0.2) is 0 Å². The third kappa shape index (κ3) is 6.98. The van der Waals surface area contributed by atoms with Gasteiger partial charge in [-0.15, -0.1) is 0 Å². The molecule has 9 nitrogen and oxygen atoms in total. The minimum absolute atomic E-state index is 0.0285. The Morgan fingerprint density at radius 1 is 1.31 bits per heavy atom. The normalized spacial score (nSPS) is 40.0. The maximum atomic E-state index is 15.1. The van der Waals surface area contributed by atoms with Gasteiger partial charge in [-0.25, -0.2) is 4.39 Å². The molecular formula is C16H27B2FO9P-. The summed E-state index contributed by atoms with van der Waals surface area (Å²) in [6.07, 6.45) is -5.38. The lowest BCUT2D eigenvalue weighted by Gasteiger charge is -2.33. The molecule has 2 aliphatic heterocycles. The molecule has 1 N–H and O–H groups in total. The van der Waals surface area contributed by atoms with Crippen LogP contribution in [0.5, 0.6) is 0 Å². The molecule has 13 heteroatoms. The molecule has 0 amide bonds. The lowest BCUT2D eigenvalue weighted by atomic mass is 9.93. The highest BCUT2D eigenvalue weighted by atomic mass is 31.2. The van der Waals surface area contributed by atoms with Crippen molar-refractivity contribution in [3.05, 3.63) is 0 Å². The zero-order valence-electron chi connectivity index (χ0n) is 16.9. The van der Waals surface area contributed by atoms with Gasteiger partial charge in [0, 0.05) is 12.0 Å². The molecular weight excluding hydrogens is 408 g/mol. The summed E-state index contributed by atoms with van der Waals surface area (Å²) in [6, 6.07) is -2.15. The van der Waals surface area contributed by atoms with Gasteiger partial charge in [0.25, 0.3) is 13.7 Å². The Hall–Kier alpha value is -0.0301. The minimum Gasteiger partial charge on any atom is -0.756 e. The monoisotopic (exact) mass is 435 g/mol. The van der Waals surface area contributed by atoms with Crippen molar-refractivity contribution in [2.45, 2.75) is 88.6 Å². The third-order valence-corrected chi connectivity index (χ3v) is 5.29. The van der Waals surface area contributed by atoms with E-state index in [9.17, 15) is 14.6 Å². The van der Waals surface area contributed by atoms with Gasteiger partial charge in [0.2, 0.25) is 0 Å². The first kappa shape index (κ1) is 25.2. The highest BCUT2D eigenvalue weighted by Gasteiger charge is 2.51. The molecule has 0 aromatic rings. The van der Waals surface area contributed by atoms with Crippen LogP contribution in [-0.2, 0) is 32.6 Å². The number of phosphoric acid groups is 1. The van der Waals surface area contributed by atoms with E-state index in [0.29, 0.717) is 0 Å². The molecule has 29 heavy (non-hydrogen) atoms. The molecule has 2 heterocycles. The van der Waals surface area contributed by atoms with Crippen LogP contribution in [0.4, 0.5) is 4.39 Å². The fraction of sp³-hybridized carbons (Fsp3) is 1.00. The molecule has 3 unspecified atom stereocenters. The lowest BCUT2D eigenvalue weighted by Crippen LogP contribution is -2.43. The van der Waals surface area contributed by atoms with Crippen LogP contribution < -0.4 is 4.89 Å². The Balaban J connectivity index is 1.99. The average Bonchev–Trinajstić information content (AvgIpc) is 3.01. The van der Waals surface area contributed by atoms with E-state index in [-0.39, 0.29) is 25.2 Å². The van der Waals surface area contributed by atoms with Gasteiger partial charge in [0.1, 0.15) is 46.7 Å². The molecule has 0 aromatic carbocycles. The molecule has 0 spiro atoms. The van der Waals surface area contributed by atoms with Crippen LogP contribution in [-0.4, -0.2) is 88.5 Å². The Bertz CT molecular complexity index is 587. The fourth-order valence-electron chi connectivity index (χ4n) is 3.04. The van der Waals surface area contributed by atoms with E-state index in [4.69, 9.17) is 39.2 Å². The number of alkyl halides is 1. The topological polar surface area (TPSA) is 116 Å². The summed E-state index contributed by atoms with van der Waals surface area (Å²) in [5.41, 5.74) is 0. The Morgan fingerprint density at radius 3 is 2.55 bits per heavy atom. The summed E-state index contributed by atoms with van der Waals surface area (Å²) >= 11 is 0. The van der Waals surface area contributed by atoms with Gasteiger partial charge in [0.05, 0.1) is 18.8 Å². The van der Waals surface area contributed by atoms with Gasteiger partial charge in [-0.3, -0.25) is 4.57 Å². The maximum Gasteiger partial charge on any atom is 0.268 e. The number of rotatable bonds is 10. The molecule has 0 saturated carbocycles. The number of hydrogen-bond acceptors (Lipinski definition) is 9. The van der Waals surface area contributed by atoms with E-state index < -0.39 is 56.7 Å². The van der Waals surface area contributed by atoms with Crippen molar-refractivity contribution in [1.29, 1.82) is 0 Å². The average molecular weight is 435 g/mol. The first-order valence-corrected chi connectivity index (χ1v) is 10.9. The highest BCUT2D eigenvalue weighted by molar-refractivity contribution is 7.45. The van der Waals surface area contributed by atoms with Crippen LogP contribution in [0.1, 0.15) is 34.1 Å². The number of phosphoric ester groups is 1. The highest BCUT2D eigenvalue weighted by Crippen LogP contribution is 2.46. The predicted molar refractivity (Wildman–Crippen MR) is 99.0 cm³/mol. The van der Waals surface area contributed by atoms with Crippen LogP contribution >= 0.6 is 7.82 Å². The van der Waals surface area contributed by atoms with Crippen molar-refractivity contribution in [2.75, 3.05) is 13.2 Å². The summed E-state index contributed by atoms with van der Waals surface area (Å²) in [4.78, 5) is 12.3. The smallest absolute Gasteiger partial charge is 0.268 e. The van der Waals surface area contributed by atoms with Gasteiger partial charge in [-0.05, 0) is 34.1 Å². The second-order valence-corrected chi connectivity index (χ2v) is 9.02. The lowest BCUT2D eigenvalue weighted by molar-refractivity contribution is -0.252. The molecule has 2 fully saturated rings. The number of aliphatic hydroxyl groups is 1. The van der Waals surface area contributed by atoms with E-state index in [2.05, 4.69) is 4.52 Å². The second kappa shape index (κ2) is 10.1. The van der Waals surface area contributed by atoms with Crippen molar-refractivity contribution in [1.82, 2.24) is 0 Å². The quantitative estimate of drug-likeness (QED) is 0.372. The van der Waals surface area contributed by atoms with Crippen molar-refractivity contribution in [3.8, 4) is 0 Å². The number of halogens is 1. The molecule has 2 rings (SSSR count). The van der Waals surface area contributed by atoms with E-state index in [1.165, 1.54) is 0 Å². The Kier molecular flexibility index (Phi) is 8.75. The van der Waals surface area contributed by atoms with Crippen LogP contribution in [0, 0.1) is 0 Å². The SMILES string of the molecule is [B][C@@H]1O[C@H](COC(C)C)C(OP(=O)([O-])OC[C@@]2(F)O[C@@H]([B])CC2OC(C)C)[C@@H]1O. The third-order valence-electron chi connectivity index (χ3n) is 4.35. The van der Waals surface area contributed by atoms with E-state index in [1.807, 2.05) is 0 Å². The summed E-state index contributed by atoms with van der Waals surface area (Å²) < 4.78 is 58.0. The molecule has 0 aromatic heterocycles. The predicted octanol–water partition coefficient (Wildman–Crippen LogP) is -0.0898. The van der Waals surface area contributed by atoms with Crippen molar-refractivity contribution in [2.24, 2.45) is 0 Å². The van der Waals surface area contributed by atoms with Gasteiger partial charge < -0.3 is 38.0 Å². The molecule has 2 aliphatic rings. The summed E-state index contributed by atoms with van der Waals surface area (Å²) in [6.45, 7) is 5.83. The van der Waals surface area contributed by atoms with E-state index >= 15 is 4.39 Å². The van der Waals surface area contributed by atoms with Crippen LogP contribution in [0.25, 0.3) is 0 Å². The fourth-order valence-corrected chi connectivity index (χ4v) is 3.99. The van der Waals surface area contributed by atoms with Crippen molar-refractivity contribution in [3.63, 3.8) is 0 Å². The first-order chi connectivity index (χ1) is 13.3. The van der Waals surface area contributed by atoms with Crippen LogP contribution in [0.2, 0.25) is 0 Å². The van der Waals surface area contributed by atoms with Crippen molar-refractivity contribution < 1.29 is 47.0 Å². The summed E-state index contributed by atoms with van der Waals surface area (Å²) in [5.74, 6) is -2.57. The second-order valence-electron chi connectivity index (χ2n) is 7.65. The summed E-state index contributed by atoms with van der Waals surface area (Å²) in [5, 5.41) is 10.1. The molecule has 164 valence electrons.